The van der Waals surface area contributed by atoms with Gasteiger partial charge >= 0.3 is 0 Å². The monoisotopic (exact) mass is 351 g/mol. The molecule has 0 amide bonds. The molecule has 1 saturated heterocycles. The molecule has 2 heterocycles. The molecule has 6 heteroatoms. The second-order valence-corrected chi connectivity index (χ2v) is 7.03. The minimum atomic E-state index is -0.224. The summed E-state index contributed by atoms with van der Waals surface area (Å²) in [6.07, 6.45) is 1.57. The lowest BCUT2D eigenvalue weighted by Crippen LogP contribution is -2.38. The first kappa shape index (κ1) is 16.8. The van der Waals surface area contributed by atoms with Crippen molar-refractivity contribution >= 4 is 22.7 Å². The number of hydrogen-bond acceptors (Lipinski definition) is 6. The number of para-hydroxylation sites is 2. The number of anilines is 3. The first-order chi connectivity index (χ1) is 12.6. The molecule has 1 unspecified atom stereocenters. The Balaban J connectivity index is 1.46. The Kier molecular flexibility index (Phi) is 4.51. The fourth-order valence-corrected chi connectivity index (χ4v) is 3.76. The van der Waals surface area contributed by atoms with E-state index in [1.807, 2.05) is 38.4 Å². The van der Waals surface area contributed by atoms with Crippen LogP contribution < -0.4 is 14.7 Å². The number of aliphatic hydroxyl groups excluding tert-OH is 1. The lowest BCUT2D eigenvalue weighted by Gasteiger charge is -2.31. The number of benzene rings is 2. The Hall–Kier alpha value is -2.60. The largest absolute Gasteiger partial charge is 0.391 e. The molecule has 2 aliphatic rings. The zero-order valence-corrected chi connectivity index (χ0v) is 15.3. The molecule has 4 rings (SSSR count). The third-order valence-electron chi connectivity index (χ3n) is 5.22. The zero-order valence-electron chi connectivity index (χ0n) is 15.3. The summed E-state index contributed by atoms with van der Waals surface area (Å²) in [6, 6.07) is 16.4. The minimum Gasteiger partial charge on any atom is -0.391 e. The Bertz CT molecular complexity index is 762. The van der Waals surface area contributed by atoms with E-state index in [4.69, 9.17) is 0 Å². The summed E-state index contributed by atoms with van der Waals surface area (Å²) in [4.78, 5) is 6.48. The molecule has 1 atom stereocenters. The van der Waals surface area contributed by atoms with Crippen LogP contribution in [-0.4, -0.2) is 44.7 Å². The lowest BCUT2D eigenvalue weighted by atomic mass is 10.1. The van der Waals surface area contributed by atoms with Crippen LogP contribution >= 0.6 is 0 Å². The first-order valence-electron chi connectivity index (χ1n) is 9.12. The standard InChI is InChI=1S/C20H25N5O/c1-23-18-7-3-4-8-19(18)24(2)20(23)22-21-15-9-11-16(12-10-15)25-13-5-6-17(26)14-25/h3-4,7-12,17,20,26H,5-6,13-14H2,1-2H3. The molecule has 0 radical (unpaired) electrons. The third kappa shape index (κ3) is 3.12. The van der Waals surface area contributed by atoms with Crippen molar-refractivity contribution in [3.05, 3.63) is 48.5 Å². The van der Waals surface area contributed by atoms with Crippen molar-refractivity contribution in [2.75, 3.05) is 41.9 Å². The van der Waals surface area contributed by atoms with Crippen LogP contribution in [-0.2, 0) is 0 Å². The SMILES string of the molecule is CN1c2ccccc2N(C)C1N=Nc1ccc(N2CCCC(O)C2)cc1. The fourth-order valence-electron chi connectivity index (χ4n) is 3.76. The van der Waals surface area contributed by atoms with Crippen LogP contribution in [0.4, 0.5) is 22.7 Å². The van der Waals surface area contributed by atoms with E-state index >= 15 is 0 Å². The molecule has 2 aromatic rings. The summed E-state index contributed by atoms with van der Waals surface area (Å²) in [5.41, 5.74) is 4.30. The van der Waals surface area contributed by atoms with Gasteiger partial charge < -0.3 is 19.8 Å². The predicted octanol–water partition coefficient (Wildman–Crippen LogP) is 3.60. The number of rotatable bonds is 3. The highest BCUT2D eigenvalue weighted by Gasteiger charge is 2.30. The summed E-state index contributed by atoms with van der Waals surface area (Å²) in [6.45, 7) is 1.70. The van der Waals surface area contributed by atoms with Gasteiger partial charge in [-0.3, -0.25) is 0 Å². The van der Waals surface area contributed by atoms with Crippen molar-refractivity contribution < 1.29 is 5.11 Å². The van der Waals surface area contributed by atoms with Gasteiger partial charge in [-0.2, -0.15) is 5.11 Å². The topological polar surface area (TPSA) is 54.7 Å². The fraction of sp³-hybridized carbons (Fsp3) is 0.400. The first-order valence-corrected chi connectivity index (χ1v) is 9.12. The van der Waals surface area contributed by atoms with Crippen LogP contribution in [0.2, 0.25) is 0 Å². The molecule has 26 heavy (non-hydrogen) atoms. The average Bonchev–Trinajstić information content (AvgIpc) is 2.91. The van der Waals surface area contributed by atoms with Crippen molar-refractivity contribution in [1.82, 2.24) is 0 Å². The van der Waals surface area contributed by atoms with Gasteiger partial charge in [-0.1, -0.05) is 12.1 Å². The van der Waals surface area contributed by atoms with Crippen molar-refractivity contribution in [3.63, 3.8) is 0 Å². The molecule has 0 saturated carbocycles. The van der Waals surface area contributed by atoms with Gasteiger partial charge in [-0.25, -0.2) is 0 Å². The maximum atomic E-state index is 9.84. The Morgan fingerprint density at radius 1 is 0.962 bits per heavy atom. The Labute approximate surface area is 154 Å². The molecule has 2 aliphatic heterocycles. The van der Waals surface area contributed by atoms with Gasteiger partial charge in [0.2, 0.25) is 6.29 Å². The van der Waals surface area contributed by atoms with Crippen LogP contribution in [0.5, 0.6) is 0 Å². The van der Waals surface area contributed by atoms with Crippen LogP contribution in [0, 0.1) is 0 Å². The number of fused-ring (bicyclic) bond motifs is 1. The molecule has 2 aromatic carbocycles. The number of aliphatic hydroxyl groups is 1. The molecule has 136 valence electrons. The Morgan fingerprint density at radius 3 is 2.23 bits per heavy atom. The summed E-state index contributed by atoms with van der Waals surface area (Å²) >= 11 is 0. The predicted molar refractivity (Wildman–Crippen MR) is 105 cm³/mol. The van der Waals surface area contributed by atoms with Crippen LogP contribution in [0.25, 0.3) is 0 Å². The van der Waals surface area contributed by atoms with Gasteiger partial charge in [0, 0.05) is 32.9 Å². The molecule has 1 N–H and O–H groups in total. The van der Waals surface area contributed by atoms with Crippen molar-refractivity contribution in [1.29, 1.82) is 0 Å². The highest BCUT2D eigenvalue weighted by molar-refractivity contribution is 5.76. The number of nitrogens with zero attached hydrogens (tertiary/aromatic N) is 5. The maximum Gasteiger partial charge on any atom is 0.218 e. The summed E-state index contributed by atoms with van der Waals surface area (Å²) in [5, 5.41) is 18.8. The van der Waals surface area contributed by atoms with Gasteiger partial charge in [0.05, 0.1) is 23.2 Å². The van der Waals surface area contributed by atoms with Crippen LogP contribution in [0.3, 0.4) is 0 Å². The molecule has 0 aromatic heterocycles. The Morgan fingerprint density at radius 2 is 1.62 bits per heavy atom. The number of β-amino-alcohol motifs (C(OH)–C–C–N with tert-alkyl or cyclic N) is 1. The zero-order chi connectivity index (χ0) is 18.1. The molecular weight excluding hydrogens is 326 g/mol. The van der Waals surface area contributed by atoms with Gasteiger partial charge in [0.1, 0.15) is 0 Å². The minimum absolute atomic E-state index is 0.135. The van der Waals surface area contributed by atoms with Crippen molar-refractivity contribution in [2.24, 2.45) is 10.2 Å². The van der Waals surface area contributed by atoms with E-state index in [0.29, 0.717) is 6.54 Å². The smallest absolute Gasteiger partial charge is 0.218 e. The van der Waals surface area contributed by atoms with Crippen molar-refractivity contribution in [3.8, 4) is 0 Å². The molecule has 0 aliphatic carbocycles. The summed E-state index contributed by atoms with van der Waals surface area (Å²) < 4.78 is 0. The molecular formula is C20H25N5O. The second-order valence-electron chi connectivity index (χ2n) is 7.03. The normalized spacial score (nSPS) is 20.9. The molecule has 6 nitrogen and oxygen atoms in total. The van der Waals surface area contributed by atoms with Crippen LogP contribution in [0.1, 0.15) is 12.8 Å². The van der Waals surface area contributed by atoms with E-state index in [1.54, 1.807) is 0 Å². The van der Waals surface area contributed by atoms with Crippen molar-refractivity contribution in [2.45, 2.75) is 25.2 Å². The maximum absolute atomic E-state index is 9.84. The summed E-state index contributed by atoms with van der Waals surface area (Å²) in [5.74, 6) is 0. The van der Waals surface area contributed by atoms with E-state index in [9.17, 15) is 5.11 Å². The van der Waals surface area contributed by atoms with Gasteiger partial charge in [-0.15, -0.1) is 5.11 Å². The van der Waals surface area contributed by atoms with Gasteiger partial charge in [0.25, 0.3) is 0 Å². The molecule has 0 bridgehead atoms. The second kappa shape index (κ2) is 6.96. The number of piperidine rings is 1. The lowest BCUT2D eigenvalue weighted by molar-refractivity contribution is 0.154. The average molecular weight is 351 g/mol. The number of hydrogen-bond donors (Lipinski definition) is 1. The van der Waals surface area contributed by atoms with E-state index < -0.39 is 0 Å². The van der Waals surface area contributed by atoms with Gasteiger partial charge in [-0.05, 0) is 49.2 Å². The van der Waals surface area contributed by atoms with E-state index in [-0.39, 0.29) is 12.4 Å². The van der Waals surface area contributed by atoms with E-state index in [2.05, 4.69) is 49.2 Å². The third-order valence-corrected chi connectivity index (χ3v) is 5.22. The summed E-state index contributed by atoms with van der Waals surface area (Å²) in [7, 11) is 4.08. The van der Waals surface area contributed by atoms with E-state index in [0.717, 1.165) is 42.1 Å². The highest BCUT2D eigenvalue weighted by atomic mass is 16.3. The van der Waals surface area contributed by atoms with Crippen LogP contribution in [0.15, 0.2) is 58.8 Å². The van der Waals surface area contributed by atoms with E-state index in [1.165, 1.54) is 0 Å². The van der Waals surface area contributed by atoms with Gasteiger partial charge in [0.15, 0.2) is 0 Å². The molecule has 1 fully saturated rings. The highest BCUT2D eigenvalue weighted by Crippen LogP contribution is 2.38. The number of azo groups is 1. The quantitative estimate of drug-likeness (QED) is 0.859. The molecule has 0 spiro atoms.